The highest BCUT2D eigenvalue weighted by Crippen LogP contribution is 2.00. The molecule has 0 aliphatic carbocycles. The van der Waals surface area contributed by atoms with Crippen molar-refractivity contribution in [3.63, 3.8) is 0 Å². The van der Waals surface area contributed by atoms with E-state index in [4.69, 9.17) is 5.02 Å². The molecule has 0 aliphatic heterocycles. The van der Waals surface area contributed by atoms with Gasteiger partial charge in [0.05, 0.1) is 0 Å². The minimum atomic E-state index is 0.242. The molecule has 0 aromatic carbocycles. The molecule has 0 spiro atoms. The zero-order valence-corrected chi connectivity index (χ0v) is 4.77. The Hall–Kier alpha value is 0.545. The maximum atomic E-state index is 8.12. The molecule has 0 bridgehead atoms. The molecule has 6 heavy (non-hydrogen) atoms. The van der Waals surface area contributed by atoms with Crippen molar-refractivity contribution in [2.45, 2.75) is 0 Å². The Bertz CT molecular complexity index is 20.8. The van der Waals surface area contributed by atoms with Crippen molar-refractivity contribution in [2.24, 2.45) is 0 Å². The van der Waals surface area contributed by atoms with Crippen molar-refractivity contribution in [3.8, 4) is 0 Å². The lowest BCUT2D eigenvalue weighted by molar-refractivity contribution is 0.621. The smallest absolute Gasteiger partial charge is 0.261 e. The zero-order chi connectivity index (χ0) is 4.83. The van der Waals surface area contributed by atoms with Gasteiger partial charge in [-0.1, -0.05) is 8.69 Å². The van der Waals surface area contributed by atoms with Crippen LogP contribution in [0.1, 0.15) is 0 Å². The largest absolute Gasteiger partial charge is 0.462 e. The molecule has 0 rings (SSSR count). The highest BCUT2D eigenvalue weighted by atomic mass is 31.1. The second kappa shape index (κ2) is 5.54. The molecule has 1 unspecified atom stereocenters. The fourth-order valence-electron chi connectivity index (χ4n) is 0.148. The van der Waals surface area contributed by atoms with E-state index in [1.807, 2.05) is 0 Å². The molecule has 0 fully saturated rings. The normalized spacial score (nSPS) is 9.50. The van der Waals surface area contributed by atoms with Crippen LogP contribution in [-0.4, -0.2) is 27.3 Å². The number of hydrogen-bond donors (Lipinski definition) is 1. The standard InChI is InChI=1S/B3H6O2P/c1-5-6-3-2-4/h2-4,6H,1H2. The molecule has 0 saturated carbocycles. The van der Waals surface area contributed by atoms with E-state index in [-0.39, 0.29) is 7.37 Å². The minimum absolute atomic E-state index is 0.242. The summed E-state index contributed by atoms with van der Waals surface area (Å²) in [5, 5.41) is 8.12. The van der Waals surface area contributed by atoms with Crippen LogP contribution >= 0.6 is 8.69 Å². The predicted molar refractivity (Wildman–Crippen MR) is 34.5 cm³/mol. The van der Waals surface area contributed by atoms with Crippen molar-refractivity contribution in [2.75, 3.05) is 0 Å². The summed E-state index contributed by atoms with van der Waals surface area (Å²) in [5.74, 6) is 0. The summed E-state index contributed by atoms with van der Waals surface area (Å²) < 4.78 is 4.65. The second-order valence-electron chi connectivity index (χ2n) is 0.822. The van der Waals surface area contributed by atoms with Crippen LogP contribution in [-0.2, 0) is 4.44 Å². The van der Waals surface area contributed by atoms with Crippen LogP contribution in [0, 0.1) is 0 Å². The summed E-state index contributed by atoms with van der Waals surface area (Å²) in [6, 6.07) is 0. The molecular formula is H6B3O2P. The van der Waals surface area contributed by atoms with Gasteiger partial charge in [0.1, 0.15) is 0 Å². The van der Waals surface area contributed by atoms with Crippen molar-refractivity contribution in [3.05, 3.63) is 0 Å². The van der Waals surface area contributed by atoms with E-state index in [1.54, 1.807) is 8.05 Å². The van der Waals surface area contributed by atoms with E-state index in [2.05, 4.69) is 4.44 Å². The van der Waals surface area contributed by atoms with Gasteiger partial charge in [0.25, 0.3) is 8.05 Å². The third kappa shape index (κ3) is 4.54. The fourth-order valence-corrected chi connectivity index (χ4v) is 0.443. The molecular weight excluding hydrogens is 95.4 g/mol. The van der Waals surface area contributed by atoms with Gasteiger partial charge in [-0.15, -0.1) is 0 Å². The molecule has 0 amide bonds. The molecule has 1 N–H and O–H groups in total. The fraction of sp³-hybridized carbons (Fsp3) is 0. The lowest BCUT2D eigenvalue weighted by Gasteiger charge is -1.86. The molecule has 0 aliphatic rings. The Kier molecular flexibility index (Phi) is 6.05. The summed E-state index contributed by atoms with van der Waals surface area (Å²) in [4.78, 5) is 0. The maximum absolute atomic E-state index is 8.12. The summed E-state index contributed by atoms with van der Waals surface area (Å²) in [5.41, 5.74) is 0. The van der Waals surface area contributed by atoms with Gasteiger partial charge < -0.3 is 9.47 Å². The second-order valence-corrected chi connectivity index (χ2v) is 2.02. The third-order valence-electron chi connectivity index (χ3n) is 0.358. The molecule has 32 valence electrons. The Morgan fingerprint density at radius 3 is 2.67 bits per heavy atom. The van der Waals surface area contributed by atoms with Gasteiger partial charge >= 0.3 is 0 Å². The molecule has 0 aromatic rings. The molecule has 1 atom stereocenters. The van der Waals surface area contributed by atoms with Crippen LogP contribution in [0.3, 0.4) is 0 Å². The lowest BCUT2D eigenvalue weighted by atomic mass is 9.71. The highest BCUT2D eigenvalue weighted by molar-refractivity contribution is 7.76. The molecule has 2 nitrogen and oxygen atoms in total. The van der Waals surface area contributed by atoms with Crippen LogP contribution < -0.4 is 0 Å². The topological polar surface area (TPSA) is 29.5 Å². The first-order chi connectivity index (χ1) is 2.91. The van der Waals surface area contributed by atoms with Crippen LogP contribution in [0.4, 0.5) is 0 Å². The van der Waals surface area contributed by atoms with Gasteiger partial charge in [-0.2, -0.15) is 0 Å². The molecule has 6 heteroatoms. The Balaban J connectivity index is 2.34. The van der Waals surface area contributed by atoms with E-state index in [1.165, 1.54) is 0 Å². The van der Waals surface area contributed by atoms with E-state index >= 15 is 0 Å². The van der Waals surface area contributed by atoms with Gasteiger partial charge in [-0.3, -0.25) is 0 Å². The maximum Gasteiger partial charge on any atom is 0.261 e. The van der Waals surface area contributed by atoms with E-state index < -0.39 is 0 Å². The van der Waals surface area contributed by atoms with E-state index in [0.29, 0.717) is 8.69 Å². The number of hydrogen-bond acceptors (Lipinski definition) is 2. The quantitative estimate of drug-likeness (QED) is 0.247. The summed E-state index contributed by atoms with van der Waals surface area (Å²) in [6.45, 7) is 0.774. The van der Waals surface area contributed by atoms with Crippen LogP contribution in [0.2, 0.25) is 0 Å². The average molecular weight is 101 g/mol. The van der Waals surface area contributed by atoms with E-state index in [0.717, 1.165) is 6.89 Å². The van der Waals surface area contributed by atoms with Crippen LogP contribution in [0.15, 0.2) is 0 Å². The SMILES string of the molecule is BOPBBO. The minimum Gasteiger partial charge on any atom is -0.462 e. The van der Waals surface area contributed by atoms with Crippen molar-refractivity contribution in [1.29, 1.82) is 0 Å². The van der Waals surface area contributed by atoms with Gasteiger partial charge in [0, 0.05) is 0 Å². The first kappa shape index (κ1) is 6.54. The third-order valence-corrected chi connectivity index (χ3v) is 1.07. The van der Waals surface area contributed by atoms with Crippen molar-refractivity contribution in [1.82, 2.24) is 0 Å². The Labute approximate surface area is 41.4 Å². The monoisotopic (exact) mass is 102 g/mol. The lowest BCUT2D eigenvalue weighted by Crippen LogP contribution is -1.94. The zero-order valence-electron chi connectivity index (χ0n) is 3.77. The van der Waals surface area contributed by atoms with Crippen LogP contribution in [0.25, 0.3) is 0 Å². The van der Waals surface area contributed by atoms with Crippen molar-refractivity contribution >= 4 is 31.0 Å². The van der Waals surface area contributed by atoms with Crippen LogP contribution in [0.5, 0.6) is 0 Å². The molecule has 0 heterocycles. The summed E-state index contributed by atoms with van der Waals surface area (Å²) >= 11 is 0. The molecule has 0 radical (unpaired) electrons. The van der Waals surface area contributed by atoms with Gasteiger partial charge in [0.15, 0.2) is 6.89 Å². The Morgan fingerprint density at radius 2 is 2.50 bits per heavy atom. The van der Waals surface area contributed by atoms with Gasteiger partial charge in [-0.25, -0.2) is 0 Å². The highest BCUT2D eigenvalue weighted by Gasteiger charge is 1.83. The number of rotatable bonds is 3. The molecule has 0 saturated heterocycles. The predicted octanol–water partition coefficient (Wildman–Crippen LogP) is -2.25. The van der Waals surface area contributed by atoms with Crippen molar-refractivity contribution < 1.29 is 9.47 Å². The van der Waals surface area contributed by atoms with E-state index in [9.17, 15) is 0 Å². The first-order valence-electron chi connectivity index (χ1n) is 1.78. The summed E-state index contributed by atoms with van der Waals surface area (Å²) in [7, 11) is 2.34. The van der Waals surface area contributed by atoms with Gasteiger partial charge in [0.2, 0.25) is 7.37 Å². The Morgan fingerprint density at radius 1 is 1.83 bits per heavy atom. The average Bonchev–Trinajstić information content (AvgIpc) is 1.61. The summed E-state index contributed by atoms with van der Waals surface area (Å²) in [6.07, 6.45) is 0. The molecule has 0 aromatic heterocycles. The first-order valence-corrected chi connectivity index (χ1v) is 2.90. The van der Waals surface area contributed by atoms with Gasteiger partial charge in [-0.05, 0) is 0 Å².